The van der Waals surface area contributed by atoms with Crippen molar-refractivity contribution in [2.45, 2.75) is 19.0 Å². The number of benzene rings is 2. The van der Waals surface area contributed by atoms with Crippen LogP contribution in [0.3, 0.4) is 0 Å². The van der Waals surface area contributed by atoms with Crippen LogP contribution in [0.1, 0.15) is 29.8 Å². The van der Waals surface area contributed by atoms with Gasteiger partial charge in [0.25, 0.3) is 11.8 Å². The molecule has 1 aliphatic rings. The van der Waals surface area contributed by atoms with Crippen molar-refractivity contribution >= 4 is 44.8 Å². The number of rotatable bonds is 7. The van der Waals surface area contributed by atoms with Gasteiger partial charge >= 0.3 is 0 Å². The van der Waals surface area contributed by atoms with Crippen LogP contribution in [-0.4, -0.2) is 48.6 Å². The Balaban J connectivity index is 1.87. The molecule has 1 aliphatic heterocycles. The van der Waals surface area contributed by atoms with Crippen LogP contribution in [0.2, 0.25) is 0 Å². The van der Waals surface area contributed by atoms with Gasteiger partial charge in [-0.25, -0.2) is 0 Å². The second kappa shape index (κ2) is 8.72. The number of aromatic nitrogens is 2. The molecule has 0 fully saturated rings. The Morgan fingerprint density at radius 3 is 2.43 bits per heavy atom. The van der Waals surface area contributed by atoms with E-state index in [1.807, 2.05) is 74.4 Å². The highest BCUT2D eigenvalue weighted by Gasteiger charge is 2.37. The number of imide groups is 1. The molecule has 5 rings (SSSR count). The second-order valence-electron chi connectivity index (χ2n) is 8.87. The summed E-state index contributed by atoms with van der Waals surface area (Å²) in [5.74, 6) is -0.121. The average molecular weight is 472 g/mol. The van der Waals surface area contributed by atoms with Crippen LogP contribution in [0.15, 0.2) is 48.7 Å². The van der Waals surface area contributed by atoms with E-state index in [1.54, 1.807) is 7.11 Å². The maximum Gasteiger partial charge on any atom is 0.259 e. The zero-order valence-corrected chi connectivity index (χ0v) is 20.4. The summed E-state index contributed by atoms with van der Waals surface area (Å²) in [6.45, 7) is 2.07. The summed E-state index contributed by atoms with van der Waals surface area (Å²) in [5.41, 5.74) is 4.87. The van der Waals surface area contributed by atoms with Gasteiger partial charge in [-0.2, -0.15) is 0 Å². The molecule has 4 N–H and O–H groups in total. The van der Waals surface area contributed by atoms with Crippen molar-refractivity contribution in [2.24, 2.45) is 7.05 Å². The van der Waals surface area contributed by atoms with Crippen LogP contribution in [0, 0.1) is 0 Å². The van der Waals surface area contributed by atoms with Crippen LogP contribution in [0.4, 0.5) is 0 Å². The molecule has 2 amide bonds. The summed E-state index contributed by atoms with van der Waals surface area (Å²) < 4.78 is 7.40. The number of H-pyrrole nitrogens is 1. The average Bonchev–Trinajstić information content (AvgIpc) is 3.48. The van der Waals surface area contributed by atoms with E-state index >= 15 is 0 Å². The zero-order valence-electron chi connectivity index (χ0n) is 20.4. The van der Waals surface area contributed by atoms with Crippen LogP contribution in [-0.2, 0) is 16.6 Å². The van der Waals surface area contributed by atoms with Gasteiger partial charge in [0.15, 0.2) is 0 Å². The Morgan fingerprint density at radius 2 is 1.71 bits per heavy atom. The molecule has 8 heteroatoms. The van der Waals surface area contributed by atoms with Gasteiger partial charge in [-0.15, -0.1) is 0 Å². The number of para-hydroxylation sites is 1. The molecule has 0 spiro atoms. The highest BCUT2D eigenvalue weighted by molar-refractivity contribution is 6.51. The largest absolute Gasteiger partial charge is 0.497 e. The van der Waals surface area contributed by atoms with Crippen LogP contribution < -0.4 is 20.7 Å². The van der Waals surface area contributed by atoms with E-state index in [0.29, 0.717) is 22.5 Å². The maximum absolute atomic E-state index is 13.4. The van der Waals surface area contributed by atoms with Crippen molar-refractivity contribution in [3.05, 3.63) is 65.5 Å². The molecule has 0 radical (unpaired) electrons. The molecular formula is C27H29N5O3. The number of hydrogen-bond acceptors (Lipinski definition) is 5. The third kappa shape index (κ3) is 3.53. The summed E-state index contributed by atoms with van der Waals surface area (Å²) in [5, 5.41) is 11.0. The first-order valence-electron chi connectivity index (χ1n) is 11.6. The molecule has 0 bridgehead atoms. The predicted octanol–water partition coefficient (Wildman–Crippen LogP) is 3.10. The first-order chi connectivity index (χ1) is 16.9. The molecule has 8 nitrogen and oxygen atoms in total. The monoisotopic (exact) mass is 471 g/mol. The predicted molar refractivity (Wildman–Crippen MR) is 138 cm³/mol. The van der Waals surface area contributed by atoms with Crippen LogP contribution in [0.25, 0.3) is 33.0 Å². The molecule has 0 saturated heterocycles. The fraction of sp³-hybridized carbons (Fsp3) is 0.259. The molecule has 180 valence electrons. The minimum atomic E-state index is -0.403. The van der Waals surface area contributed by atoms with Crippen molar-refractivity contribution in [2.75, 3.05) is 21.2 Å². The van der Waals surface area contributed by atoms with Crippen molar-refractivity contribution in [3.8, 4) is 5.75 Å². The summed E-state index contributed by atoms with van der Waals surface area (Å²) in [6, 6.07) is 13.5. The molecule has 2 unspecified atom stereocenters. The number of carbonyl (C=O) groups is 2. The Morgan fingerprint density at radius 1 is 0.971 bits per heavy atom. The minimum Gasteiger partial charge on any atom is -0.497 e. The first-order valence-corrected chi connectivity index (χ1v) is 11.6. The number of nitrogens with zero attached hydrogens (tertiary/aromatic N) is 1. The number of methoxy groups -OCH3 is 1. The fourth-order valence-electron chi connectivity index (χ4n) is 5.12. The highest BCUT2D eigenvalue weighted by atomic mass is 16.5. The number of nitrogens with one attached hydrogen (secondary N) is 4. The van der Waals surface area contributed by atoms with Gasteiger partial charge < -0.3 is 24.9 Å². The molecule has 0 aliphatic carbocycles. The quantitative estimate of drug-likeness (QED) is 0.311. The van der Waals surface area contributed by atoms with E-state index in [4.69, 9.17) is 4.74 Å². The number of fused-ring (bicyclic) bond motifs is 2. The van der Waals surface area contributed by atoms with Crippen molar-refractivity contribution in [1.29, 1.82) is 0 Å². The van der Waals surface area contributed by atoms with Gasteiger partial charge in [0.2, 0.25) is 0 Å². The first kappa shape index (κ1) is 22.9. The Labute approximate surface area is 203 Å². The Hall–Kier alpha value is -3.88. The number of hydrogen-bond donors (Lipinski definition) is 4. The lowest BCUT2D eigenvalue weighted by Crippen LogP contribution is -2.37. The normalized spacial score (nSPS) is 15.8. The lowest BCUT2D eigenvalue weighted by molar-refractivity contribution is -0.122. The molecule has 3 heterocycles. The highest BCUT2D eigenvalue weighted by Crippen LogP contribution is 2.42. The maximum atomic E-state index is 13.4. The number of ether oxygens (including phenoxy) is 1. The van der Waals surface area contributed by atoms with E-state index in [1.165, 1.54) is 0 Å². The lowest BCUT2D eigenvalue weighted by atomic mass is 9.91. The zero-order chi connectivity index (χ0) is 24.9. The van der Waals surface area contributed by atoms with Crippen LogP contribution >= 0.6 is 0 Å². The van der Waals surface area contributed by atoms with Gasteiger partial charge in [0.05, 0.1) is 24.3 Å². The van der Waals surface area contributed by atoms with Crippen molar-refractivity contribution in [1.82, 2.24) is 25.5 Å². The molecule has 0 saturated carbocycles. The van der Waals surface area contributed by atoms with Crippen molar-refractivity contribution in [3.63, 3.8) is 0 Å². The third-order valence-corrected chi connectivity index (χ3v) is 6.96. The molecule has 2 aromatic carbocycles. The minimum absolute atomic E-state index is 0.0536. The van der Waals surface area contributed by atoms with Gasteiger partial charge in [0.1, 0.15) is 5.75 Å². The van der Waals surface area contributed by atoms with Gasteiger partial charge in [-0.1, -0.05) is 18.2 Å². The van der Waals surface area contributed by atoms with E-state index in [-0.39, 0.29) is 12.1 Å². The van der Waals surface area contributed by atoms with Crippen molar-refractivity contribution < 1.29 is 14.3 Å². The Bertz CT molecular complexity index is 1510. The lowest BCUT2D eigenvalue weighted by Gasteiger charge is -2.24. The molecule has 2 atom stereocenters. The van der Waals surface area contributed by atoms with Crippen LogP contribution in [0.5, 0.6) is 5.75 Å². The van der Waals surface area contributed by atoms with Gasteiger partial charge in [-0.3, -0.25) is 14.9 Å². The van der Waals surface area contributed by atoms with E-state index in [0.717, 1.165) is 33.1 Å². The van der Waals surface area contributed by atoms with E-state index in [2.05, 4.69) is 27.9 Å². The number of carbonyl (C=O) groups excluding carboxylic acids is 2. The number of amides is 2. The molecule has 4 aromatic rings. The standard InChI is InChI=1S/C27H29N5O3/c1-14(28-2)24(29-3)25-21(16-8-6-7-9-19(16)30-25)23-22(26(33)31-27(23)34)18-13-32(4)20-11-10-15(35-5)12-17(18)20/h6-14,24,28-30H,1-5H3,(H,31,33,34). The summed E-state index contributed by atoms with van der Waals surface area (Å²) in [4.78, 5) is 30.2. The summed E-state index contributed by atoms with van der Waals surface area (Å²) in [7, 11) is 7.33. The SMILES string of the molecule is CNC(C)C(NC)c1[nH]c2ccccc2c1C1=C(c2cn(C)c3ccc(OC)cc23)C(=O)NC1=O. The number of likely N-dealkylation sites (N-methyl/N-ethyl adjacent to an activating group) is 2. The fourth-order valence-corrected chi connectivity index (χ4v) is 5.12. The summed E-state index contributed by atoms with van der Waals surface area (Å²) in [6.07, 6.45) is 1.90. The third-order valence-electron chi connectivity index (χ3n) is 6.96. The number of aromatic amines is 1. The Kier molecular flexibility index (Phi) is 5.70. The second-order valence-corrected chi connectivity index (χ2v) is 8.87. The molecule has 35 heavy (non-hydrogen) atoms. The smallest absolute Gasteiger partial charge is 0.259 e. The number of aryl methyl sites for hydroxylation is 1. The van der Waals surface area contributed by atoms with E-state index in [9.17, 15) is 9.59 Å². The van der Waals surface area contributed by atoms with E-state index < -0.39 is 11.8 Å². The summed E-state index contributed by atoms with van der Waals surface area (Å²) >= 11 is 0. The molecule has 2 aromatic heterocycles. The molecular weight excluding hydrogens is 442 g/mol. The topological polar surface area (TPSA) is 100 Å². The van der Waals surface area contributed by atoms with Gasteiger partial charge in [0, 0.05) is 57.9 Å². The van der Waals surface area contributed by atoms with Gasteiger partial charge in [-0.05, 0) is 45.3 Å².